The first kappa shape index (κ1) is 23.6. The molecule has 7 aromatic rings. The molecular formula is C37H28N4. The Hall–Kier alpha value is -5.32. The second-order valence-electron chi connectivity index (χ2n) is 10.3. The molecule has 41 heavy (non-hydrogen) atoms. The number of nitrogens with zero attached hydrogens (tertiary/aromatic N) is 3. The molecule has 1 aliphatic rings. The molecular weight excluding hydrogens is 500 g/mol. The maximum atomic E-state index is 3.61. The molecule has 0 saturated heterocycles. The highest BCUT2D eigenvalue weighted by molar-refractivity contribution is 6.13. The molecule has 6 aromatic carbocycles. The van der Waals surface area contributed by atoms with Gasteiger partial charge in [-0.05, 0) is 78.9 Å². The third-order valence-corrected chi connectivity index (χ3v) is 7.99. The van der Waals surface area contributed by atoms with Gasteiger partial charge in [-0.2, -0.15) is 0 Å². The first-order chi connectivity index (χ1) is 20.4. The van der Waals surface area contributed by atoms with Gasteiger partial charge in [-0.15, -0.1) is 0 Å². The lowest BCUT2D eigenvalue weighted by atomic mass is 10.0. The van der Waals surface area contributed by atoms with E-state index in [1.807, 2.05) is 0 Å². The van der Waals surface area contributed by atoms with Crippen molar-refractivity contribution in [2.45, 2.75) is 6.54 Å². The molecule has 8 rings (SSSR count). The van der Waals surface area contributed by atoms with E-state index in [0.717, 1.165) is 35.0 Å². The Morgan fingerprint density at radius 2 is 1.07 bits per heavy atom. The first-order valence-corrected chi connectivity index (χ1v) is 14.0. The maximum absolute atomic E-state index is 3.61. The van der Waals surface area contributed by atoms with Crippen LogP contribution < -0.4 is 15.3 Å². The zero-order chi connectivity index (χ0) is 27.2. The van der Waals surface area contributed by atoms with Crippen LogP contribution in [0.2, 0.25) is 0 Å². The Kier molecular flexibility index (Phi) is 5.57. The van der Waals surface area contributed by atoms with E-state index in [1.54, 1.807) is 0 Å². The van der Waals surface area contributed by atoms with E-state index >= 15 is 0 Å². The highest BCUT2D eigenvalue weighted by Gasteiger charge is 2.25. The summed E-state index contributed by atoms with van der Waals surface area (Å²) in [5, 5.41) is 4.79. The van der Waals surface area contributed by atoms with E-state index in [9.17, 15) is 0 Å². The number of rotatable bonds is 5. The molecule has 0 radical (unpaired) electrons. The van der Waals surface area contributed by atoms with Crippen molar-refractivity contribution in [3.8, 4) is 5.69 Å². The van der Waals surface area contributed by atoms with Crippen LogP contribution in [0.25, 0.3) is 27.5 Å². The van der Waals surface area contributed by atoms with Gasteiger partial charge >= 0.3 is 0 Å². The Morgan fingerprint density at radius 1 is 0.488 bits per heavy atom. The Bertz CT molecular complexity index is 1940. The quantitative estimate of drug-likeness (QED) is 0.241. The van der Waals surface area contributed by atoms with Gasteiger partial charge in [0.1, 0.15) is 0 Å². The van der Waals surface area contributed by atoms with Crippen molar-refractivity contribution < 1.29 is 0 Å². The zero-order valence-electron chi connectivity index (χ0n) is 22.5. The topological polar surface area (TPSA) is 23.4 Å². The lowest BCUT2D eigenvalue weighted by Gasteiger charge is -2.25. The highest BCUT2D eigenvalue weighted by atomic mass is 15.5. The van der Waals surface area contributed by atoms with Crippen LogP contribution >= 0.6 is 0 Å². The molecule has 0 atom stereocenters. The smallest absolute Gasteiger partial charge is 0.0631 e. The van der Waals surface area contributed by atoms with Crippen LogP contribution in [0.5, 0.6) is 0 Å². The largest absolute Gasteiger partial charge is 0.311 e. The Balaban J connectivity index is 1.27. The number of hydrazine groups is 1. The second kappa shape index (κ2) is 9.70. The van der Waals surface area contributed by atoms with Crippen LogP contribution in [0, 0.1) is 0 Å². The predicted molar refractivity (Wildman–Crippen MR) is 171 cm³/mol. The summed E-state index contributed by atoms with van der Waals surface area (Å²) in [7, 11) is 0. The molecule has 2 heterocycles. The van der Waals surface area contributed by atoms with Gasteiger partial charge in [0.15, 0.2) is 0 Å². The molecule has 0 bridgehead atoms. The molecule has 0 aliphatic carbocycles. The molecule has 0 unspecified atom stereocenters. The van der Waals surface area contributed by atoms with Gasteiger partial charge in [0, 0.05) is 45.6 Å². The number of aromatic nitrogens is 1. The normalized spacial score (nSPS) is 12.6. The van der Waals surface area contributed by atoms with Gasteiger partial charge in [-0.1, -0.05) is 72.8 Å². The third kappa shape index (κ3) is 3.88. The number of hydrogen-bond acceptors (Lipinski definition) is 3. The number of fused-ring (bicyclic) bond motifs is 5. The monoisotopic (exact) mass is 528 g/mol. The number of nitrogens with one attached hydrogen (secondary N) is 1. The zero-order valence-corrected chi connectivity index (χ0v) is 22.5. The van der Waals surface area contributed by atoms with E-state index in [4.69, 9.17) is 0 Å². The standard InChI is InChI=1S/C37H28N4/c1-4-12-27(13-5-1)39(28-14-6-2-7-15-28)29-20-22-30(23-21-29)40-34-19-11-10-18-32(34)37-33-26-38-41(31-16-8-3-9-17-31)35(33)24-25-36(37)40/h1-25,38H,26H2. The average molecular weight is 529 g/mol. The first-order valence-electron chi connectivity index (χ1n) is 14.0. The average Bonchev–Trinajstić information content (AvgIpc) is 3.62. The van der Waals surface area contributed by atoms with Crippen LogP contribution in [-0.2, 0) is 6.54 Å². The van der Waals surface area contributed by atoms with E-state index in [1.165, 1.54) is 33.1 Å². The molecule has 1 aliphatic heterocycles. The number of benzene rings is 6. The van der Waals surface area contributed by atoms with Gasteiger partial charge in [0.05, 0.1) is 22.4 Å². The summed E-state index contributed by atoms with van der Waals surface area (Å²) in [4.78, 5) is 2.30. The lowest BCUT2D eigenvalue weighted by molar-refractivity contribution is 0.767. The molecule has 1 aromatic heterocycles. The third-order valence-electron chi connectivity index (χ3n) is 7.99. The van der Waals surface area contributed by atoms with Crippen LogP contribution in [0.1, 0.15) is 5.56 Å². The Labute approximate surface area is 239 Å². The molecule has 0 amide bonds. The van der Waals surface area contributed by atoms with Gasteiger partial charge in [0.25, 0.3) is 0 Å². The van der Waals surface area contributed by atoms with Crippen LogP contribution in [-0.4, -0.2) is 4.57 Å². The Morgan fingerprint density at radius 3 is 1.76 bits per heavy atom. The SMILES string of the molecule is c1ccc(N2NCc3c2ccc2c3c3ccccc3n2-c2ccc(N(c3ccccc3)c3ccccc3)cc2)cc1. The van der Waals surface area contributed by atoms with E-state index < -0.39 is 0 Å². The summed E-state index contributed by atoms with van der Waals surface area (Å²) >= 11 is 0. The van der Waals surface area contributed by atoms with Crippen LogP contribution in [0.3, 0.4) is 0 Å². The van der Waals surface area contributed by atoms with E-state index in [0.29, 0.717) is 0 Å². The number of hydrogen-bond donors (Lipinski definition) is 1. The molecule has 1 N–H and O–H groups in total. The van der Waals surface area contributed by atoms with Crippen molar-refractivity contribution in [3.05, 3.63) is 157 Å². The fraction of sp³-hybridized carbons (Fsp3) is 0.0270. The lowest BCUT2D eigenvalue weighted by Crippen LogP contribution is -2.26. The summed E-state index contributed by atoms with van der Waals surface area (Å²) < 4.78 is 2.40. The molecule has 196 valence electrons. The second-order valence-corrected chi connectivity index (χ2v) is 10.3. The molecule has 4 nitrogen and oxygen atoms in total. The highest BCUT2D eigenvalue weighted by Crippen LogP contribution is 2.42. The molecule has 0 fully saturated rings. The summed E-state index contributed by atoms with van der Waals surface area (Å²) in [5.74, 6) is 0. The summed E-state index contributed by atoms with van der Waals surface area (Å²) in [6, 6.07) is 53.8. The van der Waals surface area contributed by atoms with E-state index in [2.05, 4.69) is 172 Å². The minimum atomic E-state index is 0.789. The fourth-order valence-electron chi connectivity index (χ4n) is 6.19. The van der Waals surface area contributed by atoms with Gasteiger partial charge in [-0.3, -0.25) is 5.01 Å². The summed E-state index contributed by atoms with van der Waals surface area (Å²) in [6.07, 6.45) is 0. The van der Waals surface area contributed by atoms with Crippen molar-refractivity contribution in [1.82, 2.24) is 9.99 Å². The molecule has 4 heteroatoms. The predicted octanol–water partition coefficient (Wildman–Crippen LogP) is 9.41. The van der Waals surface area contributed by atoms with Crippen molar-refractivity contribution >= 4 is 50.2 Å². The number of anilines is 5. The summed E-state index contributed by atoms with van der Waals surface area (Å²) in [5.41, 5.74) is 14.3. The van der Waals surface area contributed by atoms with Crippen LogP contribution in [0.4, 0.5) is 28.4 Å². The van der Waals surface area contributed by atoms with Crippen molar-refractivity contribution in [3.63, 3.8) is 0 Å². The van der Waals surface area contributed by atoms with Gasteiger partial charge < -0.3 is 9.47 Å². The van der Waals surface area contributed by atoms with Crippen molar-refractivity contribution in [2.75, 3.05) is 9.91 Å². The van der Waals surface area contributed by atoms with Gasteiger partial charge in [0.2, 0.25) is 0 Å². The van der Waals surface area contributed by atoms with Crippen LogP contribution in [0.15, 0.2) is 152 Å². The number of para-hydroxylation sites is 4. The molecule has 0 saturated carbocycles. The van der Waals surface area contributed by atoms with Crippen molar-refractivity contribution in [1.29, 1.82) is 0 Å². The minimum absolute atomic E-state index is 0.789. The fourth-order valence-corrected chi connectivity index (χ4v) is 6.19. The maximum Gasteiger partial charge on any atom is 0.0631 e. The minimum Gasteiger partial charge on any atom is -0.311 e. The van der Waals surface area contributed by atoms with Crippen molar-refractivity contribution in [2.24, 2.45) is 0 Å². The van der Waals surface area contributed by atoms with E-state index in [-0.39, 0.29) is 0 Å². The summed E-state index contributed by atoms with van der Waals surface area (Å²) in [6.45, 7) is 0.789. The van der Waals surface area contributed by atoms with Gasteiger partial charge in [-0.25, -0.2) is 5.43 Å². The molecule has 0 spiro atoms.